The van der Waals surface area contributed by atoms with Crippen LogP contribution in [0, 0.1) is 6.92 Å². The van der Waals surface area contributed by atoms with Crippen molar-refractivity contribution in [2.24, 2.45) is 4.99 Å². The van der Waals surface area contributed by atoms with Crippen LogP contribution in [0.15, 0.2) is 53.8 Å². The molecule has 1 aliphatic rings. The molecule has 2 aromatic rings. The first-order chi connectivity index (χ1) is 13.3. The van der Waals surface area contributed by atoms with Crippen molar-refractivity contribution < 1.29 is 4.74 Å². The Bertz CT molecular complexity index is 707. The first-order valence-electron chi connectivity index (χ1n) is 9.70. The molecule has 1 saturated heterocycles. The minimum Gasteiger partial charge on any atom is -0.379 e. The number of ether oxygens (including phenoxy) is 1. The summed E-state index contributed by atoms with van der Waals surface area (Å²) in [6.45, 7) is 8.22. The summed E-state index contributed by atoms with van der Waals surface area (Å²) in [5.74, 6) is 0.841. The Hall–Kier alpha value is -2.31. The van der Waals surface area contributed by atoms with E-state index in [0.29, 0.717) is 6.04 Å². The quantitative estimate of drug-likeness (QED) is 0.579. The van der Waals surface area contributed by atoms with Gasteiger partial charge in [0.15, 0.2) is 5.96 Å². The van der Waals surface area contributed by atoms with E-state index in [2.05, 4.69) is 68.7 Å². The molecule has 1 aromatic heterocycles. The first kappa shape index (κ1) is 19.5. The number of aryl methyl sites for hydroxylation is 1. The van der Waals surface area contributed by atoms with Gasteiger partial charge in [0, 0.05) is 52.2 Å². The molecule has 2 heterocycles. The second-order valence-electron chi connectivity index (χ2n) is 6.88. The fourth-order valence-electron chi connectivity index (χ4n) is 3.46. The molecular formula is C21H31N5O. The van der Waals surface area contributed by atoms with Crippen LogP contribution >= 0.6 is 0 Å². The van der Waals surface area contributed by atoms with E-state index in [0.717, 1.165) is 51.9 Å². The van der Waals surface area contributed by atoms with Crippen LogP contribution in [0.5, 0.6) is 0 Å². The smallest absolute Gasteiger partial charge is 0.191 e. The average Bonchev–Trinajstić information content (AvgIpc) is 3.21. The Morgan fingerprint density at radius 3 is 2.63 bits per heavy atom. The van der Waals surface area contributed by atoms with Gasteiger partial charge in [-0.15, -0.1) is 0 Å². The first-order valence-corrected chi connectivity index (χ1v) is 9.70. The minimum absolute atomic E-state index is 0.303. The van der Waals surface area contributed by atoms with Crippen LogP contribution < -0.4 is 10.6 Å². The number of hydrogen-bond donors (Lipinski definition) is 2. The highest BCUT2D eigenvalue weighted by Crippen LogP contribution is 2.22. The minimum atomic E-state index is 0.303. The van der Waals surface area contributed by atoms with Crippen molar-refractivity contribution in [1.29, 1.82) is 0 Å². The van der Waals surface area contributed by atoms with Gasteiger partial charge in [-0.1, -0.05) is 29.8 Å². The molecule has 1 fully saturated rings. The van der Waals surface area contributed by atoms with Gasteiger partial charge >= 0.3 is 0 Å². The average molecular weight is 370 g/mol. The summed E-state index contributed by atoms with van der Waals surface area (Å²) < 4.78 is 7.70. The largest absolute Gasteiger partial charge is 0.379 e. The van der Waals surface area contributed by atoms with Gasteiger partial charge in [0.05, 0.1) is 19.3 Å². The summed E-state index contributed by atoms with van der Waals surface area (Å²) in [6.07, 6.45) is 4.15. The molecule has 3 rings (SSSR count). The van der Waals surface area contributed by atoms with Crippen LogP contribution in [0.3, 0.4) is 0 Å². The third-order valence-electron chi connectivity index (χ3n) is 4.93. The maximum atomic E-state index is 5.54. The van der Waals surface area contributed by atoms with Crippen molar-refractivity contribution in [2.75, 3.05) is 46.4 Å². The SMILES string of the molecule is CN=C(NCCn1cccc1)NCC(c1cccc(C)c1)N1CCOCC1. The van der Waals surface area contributed by atoms with Crippen LogP contribution in [0.1, 0.15) is 17.2 Å². The van der Waals surface area contributed by atoms with Gasteiger partial charge in [0.25, 0.3) is 0 Å². The van der Waals surface area contributed by atoms with Crippen molar-refractivity contribution in [2.45, 2.75) is 19.5 Å². The molecule has 6 heteroatoms. The molecule has 0 amide bonds. The van der Waals surface area contributed by atoms with Gasteiger partial charge in [-0.25, -0.2) is 0 Å². The summed E-state index contributed by atoms with van der Waals surface area (Å²) in [5, 5.41) is 6.92. The lowest BCUT2D eigenvalue weighted by Crippen LogP contribution is -2.46. The molecule has 0 saturated carbocycles. The second-order valence-corrected chi connectivity index (χ2v) is 6.88. The third kappa shape index (κ3) is 5.84. The van der Waals surface area contributed by atoms with Crippen molar-refractivity contribution in [3.8, 4) is 0 Å². The molecule has 6 nitrogen and oxygen atoms in total. The van der Waals surface area contributed by atoms with E-state index in [1.807, 2.05) is 19.2 Å². The van der Waals surface area contributed by atoms with E-state index in [-0.39, 0.29) is 0 Å². The van der Waals surface area contributed by atoms with E-state index in [1.165, 1.54) is 11.1 Å². The zero-order chi connectivity index (χ0) is 18.9. The number of aromatic nitrogens is 1. The van der Waals surface area contributed by atoms with E-state index in [9.17, 15) is 0 Å². The Morgan fingerprint density at radius 1 is 1.15 bits per heavy atom. The van der Waals surface area contributed by atoms with Gasteiger partial charge in [0.2, 0.25) is 0 Å². The predicted molar refractivity (Wildman–Crippen MR) is 110 cm³/mol. The Balaban J connectivity index is 1.58. The zero-order valence-corrected chi connectivity index (χ0v) is 16.4. The lowest BCUT2D eigenvalue weighted by Gasteiger charge is -2.35. The monoisotopic (exact) mass is 369 g/mol. The van der Waals surface area contributed by atoms with Gasteiger partial charge in [-0.2, -0.15) is 0 Å². The summed E-state index contributed by atoms with van der Waals surface area (Å²) in [7, 11) is 1.82. The lowest BCUT2D eigenvalue weighted by atomic mass is 10.0. The summed E-state index contributed by atoms with van der Waals surface area (Å²) >= 11 is 0. The van der Waals surface area contributed by atoms with Crippen LogP contribution in [0.2, 0.25) is 0 Å². The number of rotatable bonds is 7. The van der Waals surface area contributed by atoms with Crippen molar-refractivity contribution >= 4 is 5.96 Å². The Labute approximate surface area is 162 Å². The summed E-state index contributed by atoms with van der Waals surface area (Å²) in [6, 6.07) is 13.2. The van der Waals surface area contributed by atoms with Crippen molar-refractivity contribution in [3.63, 3.8) is 0 Å². The number of aliphatic imine (C=N–C) groups is 1. The number of hydrogen-bond acceptors (Lipinski definition) is 3. The molecule has 1 unspecified atom stereocenters. The number of nitrogens with one attached hydrogen (secondary N) is 2. The highest BCUT2D eigenvalue weighted by Gasteiger charge is 2.23. The fraction of sp³-hybridized carbons (Fsp3) is 0.476. The summed E-state index contributed by atoms with van der Waals surface area (Å²) in [5.41, 5.74) is 2.63. The van der Waals surface area contributed by atoms with E-state index in [1.54, 1.807) is 0 Å². The molecule has 146 valence electrons. The molecule has 0 spiro atoms. The molecule has 1 aromatic carbocycles. The molecular weight excluding hydrogens is 338 g/mol. The number of guanidine groups is 1. The van der Waals surface area contributed by atoms with Gasteiger partial charge in [0.1, 0.15) is 0 Å². The molecule has 0 bridgehead atoms. The topological polar surface area (TPSA) is 53.8 Å². The standard InChI is InChI=1S/C21H31N5O/c1-18-6-5-7-19(16-18)20(26-12-14-27-15-13-26)17-24-21(22-2)23-8-11-25-9-3-4-10-25/h3-7,9-10,16,20H,8,11-15,17H2,1-2H3,(H2,22,23,24). The van der Waals surface area contributed by atoms with Crippen LogP contribution in [-0.2, 0) is 11.3 Å². The number of benzene rings is 1. The maximum Gasteiger partial charge on any atom is 0.191 e. The van der Waals surface area contributed by atoms with E-state index >= 15 is 0 Å². The Morgan fingerprint density at radius 2 is 1.93 bits per heavy atom. The van der Waals surface area contributed by atoms with Gasteiger partial charge in [-0.05, 0) is 24.6 Å². The van der Waals surface area contributed by atoms with Crippen molar-refractivity contribution in [3.05, 3.63) is 59.9 Å². The van der Waals surface area contributed by atoms with Crippen LogP contribution in [-0.4, -0.2) is 61.9 Å². The third-order valence-corrected chi connectivity index (χ3v) is 4.93. The molecule has 1 aliphatic heterocycles. The second kappa shape index (κ2) is 10.1. The van der Waals surface area contributed by atoms with Crippen molar-refractivity contribution in [1.82, 2.24) is 20.1 Å². The Kier molecular flexibility index (Phi) is 7.30. The molecule has 0 aliphatic carbocycles. The zero-order valence-electron chi connectivity index (χ0n) is 16.4. The highest BCUT2D eigenvalue weighted by atomic mass is 16.5. The molecule has 27 heavy (non-hydrogen) atoms. The molecule has 1 atom stereocenters. The van der Waals surface area contributed by atoms with Gasteiger partial charge in [-0.3, -0.25) is 9.89 Å². The van der Waals surface area contributed by atoms with E-state index < -0.39 is 0 Å². The normalized spacial score (nSPS) is 16.9. The number of nitrogens with zero attached hydrogens (tertiary/aromatic N) is 3. The van der Waals surface area contributed by atoms with Crippen LogP contribution in [0.25, 0.3) is 0 Å². The molecule has 2 N–H and O–H groups in total. The molecule has 0 radical (unpaired) electrons. The highest BCUT2D eigenvalue weighted by molar-refractivity contribution is 5.79. The van der Waals surface area contributed by atoms with E-state index in [4.69, 9.17) is 4.74 Å². The maximum absolute atomic E-state index is 5.54. The van der Waals surface area contributed by atoms with Gasteiger partial charge < -0.3 is 19.9 Å². The lowest BCUT2D eigenvalue weighted by molar-refractivity contribution is 0.0170. The fourth-order valence-corrected chi connectivity index (χ4v) is 3.46. The summed E-state index contributed by atoms with van der Waals surface area (Å²) in [4.78, 5) is 6.88. The predicted octanol–water partition coefficient (Wildman–Crippen LogP) is 2.04. The van der Waals surface area contributed by atoms with Crippen LogP contribution in [0.4, 0.5) is 0 Å². The number of morpholine rings is 1.